The van der Waals surface area contributed by atoms with Crippen LogP contribution in [0, 0.1) is 0 Å². The molecule has 1 aliphatic heterocycles. The smallest absolute Gasteiger partial charge is 0.430 e. The monoisotopic (exact) mass is 481 g/mol. The Balaban J connectivity index is 0.000000298. The van der Waals surface area contributed by atoms with Crippen LogP contribution in [0.4, 0.5) is 13.2 Å². The maximum Gasteiger partial charge on any atom is 0.430 e. The number of hydrogen-bond acceptors (Lipinski definition) is 3. The summed E-state index contributed by atoms with van der Waals surface area (Å²) in [5.74, 6) is -1.03. The predicted octanol–water partition coefficient (Wildman–Crippen LogP) is 1.72. The number of ether oxygens (including phenoxy) is 1. The third kappa shape index (κ3) is 5.61. The van der Waals surface area contributed by atoms with Crippen LogP contribution in [0.2, 0.25) is 0 Å². The molecule has 0 unspecified atom stereocenters. The number of aliphatic carboxylic acids is 1. The Bertz CT molecular complexity index is 813. The van der Waals surface area contributed by atoms with Gasteiger partial charge in [0.15, 0.2) is 0 Å². The van der Waals surface area contributed by atoms with Crippen LogP contribution >= 0.6 is 0 Å². The fraction of sp³-hybridized carbons (Fsp3) is 0.111. The molecule has 8 heteroatoms. The first-order valence-electron chi connectivity index (χ1n) is 7.26. The maximum absolute atomic E-state index is 10.5. The largest absolute Gasteiger partial charge is 0.542 e. The summed E-state index contributed by atoms with van der Waals surface area (Å²) in [5, 5.41) is 8.78. The maximum atomic E-state index is 10.5. The molecule has 0 fully saturated rings. The molecule has 1 radical (unpaired) electrons. The normalized spacial score (nSPS) is 12.9. The van der Waals surface area contributed by atoms with Gasteiger partial charge in [-0.2, -0.15) is 13.2 Å². The van der Waals surface area contributed by atoms with Gasteiger partial charge in [-0.3, -0.25) is 0 Å². The molecule has 1 heterocycles. The fourth-order valence-electron chi connectivity index (χ4n) is 1.91. The molecule has 0 aliphatic carbocycles. The van der Waals surface area contributed by atoms with Gasteiger partial charge in [0, 0.05) is 0 Å². The third-order valence-electron chi connectivity index (χ3n) is 3.19. The van der Waals surface area contributed by atoms with Crippen molar-refractivity contribution in [3.63, 3.8) is 0 Å². The minimum absolute atomic E-state index is 0.447. The predicted molar refractivity (Wildman–Crippen MR) is 90.6 cm³/mol. The van der Waals surface area contributed by atoms with E-state index in [4.69, 9.17) is 17.7 Å². The molecule has 0 saturated heterocycles. The Labute approximate surface area is 158 Å². The molecule has 1 aliphatic rings. The van der Waals surface area contributed by atoms with Crippen molar-refractivity contribution in [2.75, 3.05) is 7.11 Å². The molecule has 1 N–H and O–H groups in total. The number of carboxylic acid groups (broad SMARTS) is 1. The van der Waals surface area contributed by atoms with Gasteiger partial charge in [-0.05, 0) is 0 Å². The number of carbonyl (C=O) groups excluding carboxylic acids is 1. The number of methoxy groups -OCH3 is 1. The summed E-state index contributed by atoms with van der Waals surface area (Å²) in [6, 6.07) is 18.6. The van der Waals surface area contributed by atoms with Gasteiger partial charge in [-0.1, -0.05) is 0 Å². The van der Waals surface area contributed by atoms with E-state index in [1.54, 1.807) is 7.11 Å². The first-order valence-corrected chi connectivity index (χ1v) is 9.46. The summed E-state index contributed by atoms with van der Waals surface area (Å²) in [5.41, 5.74) is 2.47. The molecular weight excluding hydrogens is 465 g/mol. The molecular formula is C18H14F3O4Te. The van der Waals surface area contributed by atoms with Gasteiger partial charge in [-0.15, -0.1) is 0 Å². The minimum atomic E-state index is -5.19. The van der Waals surface area contributed by atoms with Gasteiger partial charge in [0.25, 0.3) is 0 Å². The zero-order valence-corrected chi connectivity index (χ0v) is 15.8. The first kappa shape index (κ1) is 20.0. The zero-order valence-electron chi connectivity index (χ0n) is 13.5. The van der Waals surface area contributed by atoms with Gasteiger partial charge in [0.1, 0.15) is 5.97 Å². The molecule has 26 heavy (non-hydrogen) atoms. The Morgan fingerprint density at radius 2 is 1.62 bits per heavy atom. The number of halogens is 3. The number of carbonyl (C=O) groups is 1. The molecule has 0 aromatic heterocycles. The van der Waals surface area contributed by atoms with Crippen LogP contribution in [0.15, 0.2) is 60.7 Å². The van der Waals surface area contributed by atoms with Crippen molar-refractivity contribution >= 4 is 36.1 Å². The average molecular weight is 479 g/mol. The molecule has 0 spiro atoms. The number of aliphatic hydroxyl groups is 1. The van der Waals surface area contributed by atoms with Crippen molar-refractivity contribution in [3.8, 4) is 5.75 Å². The van der Waals surface area contributed by atoms with E-state index in [9.17, 15) is 13.2 Å². The van der Waals surface area contributed by atoms with Gasteiger partial charge in [0.2, 0.25) is 0 Å². The Kier molecular flexibility index (Phi) is 6.83. The standard InChI is InChI=1S/C16H14O2Te.C2HF3O2/c1-17-14-9-7-12(8-10-14)15-11-16(19-18-15)13-5-3-2-4-6-13;3-2(4,5)1(6)7/h2-11,18H,1H3;(H,6,7)/q+1;/p-1. The van der Waals surface area contributed by atoms with Gasteiger partial charge in [0.05, 0.1) is 0 Å². The van der Waals surface area contributed by atoms with Crippen LogP contribution in [0.3, 0.4) is 0 Å². The van der Waals surface area contributed by atoms with E-state index in [1.165, 1.54) is 9.11 Å². The number of benzene rings is 2. The average Bonchev–Trinajstić information content (AvgIpc) is 3.12. The number of rotatable bonds is 3. The number of allylic oxidation sites excluding steroid dienone is 1. The van der Waals surface area contributed by atoms with Crippen molar-refractivity contribution < 1.29 is 30.9 Å². The first-order chi connectivity index (χ1) is 12.3. The summed E-state index contributed by atoms with van der Waals surface area (Å²) in [7, 11) is 1.68. The molecule has 0 saturated carbocycles. The van der Waals surface area contributed by atoms with Crippen LogP contribution in [0.25, 0.3) is 5.76 Å². The van der Waals surface area contributed by atoms with Gasteiger partial charge in [-0.25, -0.2) is 0 Å². The van der Waals surface area contributed by atoms with Crippen molar-refractivity contribution in [1.82, 2.24) is 0 Å². The van der Waals surface area contributed by atoms with E-state index in [-0.39, 0.29) is 0 Å². The molecule has 4 nitrogen and oxygen atoms in total. The number of carboxylic acids is 1. The SMILES string of the molecule is COc1ccc(C2=CC(c3ccccc3)=[Te][OH+]2)cc1.O=C([O-])C(F)(F)F. The third-order valence-corrected chi connectivity index (χ3v) is 5.58. The minimum Gasteiger partial charge on any atom is -0.542 e. The summed E-state index contributed by atoms with van der Waals surface area (Å²) in [6.07, 6.45) is -2.97. The molecule has 2 aromatic carbocycles. The van der Waals surface area contributed by atoms with E-state index in [1.807, 2.05) is 18.2 Å². The van der Waals surface area contributed by atoms with Crippen molar-refractivity contribution in [2.45, 2.75) is 6.18 Å². The summed E-state index contributed by atoms with van der Waals surface area (Å²) < 4.78 is 42.9. The summed E-state index contributed by atoms with van der Waals surface area (Å²) in [4.78, 5) is 8.78. The van der Waals surface area contributed by atoms with Crippen LogP contribution in [-0.4, -0.2) is 46.8 Å². The Morgan fingerprint density at radius 1 is 1.04 bits per heavy atom. The quantitative estimate of drug-likeness (QED) is 0.498. The second-order valence-electron chi connectivity index (χ2n) is 4.96. The van der Waals surface area contributed by atoms with E-state index >= 15 is 0 Å². The molecule has 0 amide bonds. The van der Waals surface area contributed by atoms with Crippen LogP contribution in [0.1, 0.15) is 11.1 Å². The number of hydrogen-bond donors (Lipinski definition) is 0. The molecule has 0 atom stereocenters. The van der Waals surface area contributed by atoms with Crippen LogP contribution < -0.4 is 9.84 Å². The van der Waals surface area contributed by atoms with Crippen molar-refractivity contribution in [1.29, 1.82) is 0 Å². The van der Waals surface area contributed by atoms with Crippen molar-refractivity contribution in [3.05, 3.63) is 71.8 Å². The summed E-state index contributed by atoms with van der Waals surface area (Å²) in [6.45, 7) is 0. The Morgan fingerprint density at radius 3 is 2.12 bits per heavy atom. The topological polar surface area (TPSA) is 62.2 Å². The molecule has 0 bridgehead atoms. The van der Waals surface area contributed by atoms with Gasteiger partial charge < -0.3 is 9.90 Å². The second-order valence-corrected chi connectivity index (χ2v) is 7.25. The van der Waals surface area contributed by atoms with Gasteiger partial charge >= 0.3 is 129 Å². The summed E-state index contributed by atoms with van der Waals surface area (Å²) >= 11 is -0.447. The Hall–Kier alpha value is -2.30. The van der Waals surface area contributed by atoms with E-state index in [0.717, 1.165) is 17.1 Å². The fourth-order valence-corrected chi connectivity index (χ4v) is 4.08. The van der Waals surface area contributed by atoms with Crippen LogP contribution in [-0.2, 0) is 4.79 Å². The van der Waals surface area contributed by atoms with E-state index in [2.05, 4.69) is 42.5 Å². The number of alkyl halides is 3. The van der Waals surface area contributed by atoms with Crippen molar-refractivity contribution in [2.24, 2.45) is 0 Å². The van der Waals surface area contributed by atoms with Crippen LogP contribution in [0.5, 0.6) is 5.75 Å². The van der Waals surface area contributed by atoms with E-state index < -0.39 is 33.0 Å². The zero-order chi connectivity index (χ0) is 19.2. The molecule has 137 valence electrons. The van der Waals surface area contributed by atoms with E-state index in [0.29, 0.717) is 0 Å². The molecule has 2 aromatic rings. The molecule has 3 rings (SSSR count). The second kappa shape index (κ2) is 8.88.